The van der Waals surface area contributed by atoms with E-state index >= 15 is 0 Å². The molecule has 0 saturated carbocycles. The third-order valence-corrected chi connectivity index (χ3v) is 1.79. The SMILES string of the molecule is COCCOc1ccc(N)cc1NC(=O)O. The third kappa shape index (κ3) is 3.66. The van der Waals surface area contributed by atoms with Crippen LogP contribution in [0.25, 0.3) is 0 Å². The zero-order valence-electron chi connectivity index (χ0n) is 8.90. The summed E-state index contributed by atoms with van der Waals surface area (Å²) in [6, 6.07) is 4.74. The first kappa shape index (κ1) is 12.1. The lowest BCUT2D eigenvalue weighted by molar-refractivity contribution is 0.146. The number of ether oxygens (including phenoxy) is 2. The maximum atomic E-state index is 10.5. The predicted octanol–water partition coefficient (Wildman–Crippen LogP) is 1.38. The predicted molar refractivity (Wildman–Crippen MR) is 59.9 cm³/mol. The number of benzene rings is 1. The molecule has 16 heavy (non-hydrogen) atoms. The van der Waals surface area contributed by atoms with Crippen LogP contribution in [0.5, 0.6) is 5.75 Å². The number of nitrogen functional groups attached to an aromatic ring is 1. The van der Waals surface area contributed by atoms with Crippen molar-refractivity contribution in [2.75, 3.05) is 31.4 Å². The fourth-order valence-electron chi connectivity index (χ4n) is 1.12. The van der Waals surface area contributed by atoms with Crippen molar-refractivity contribution in [2.24, 2.45) is 0 Å². The smallest absolute Gasteiger partial charge is 0.409 e. The summed E-state index contributed by atoms with van der Waals surface area (Å²) >= 11 is 0. The van der Waals surface area contributed by atoms with Crippen LogP contribution in [0.15, 0.2) is 18.2 Å². The number of nitrogens with two attached hydrogens (primary N) is 1. The summed E-state index contributed by atoms with van der Waals surface area (Å²) in [6.07, 6.45) is -1.16. The van der Waals surface area contributed by atoms with Crippen molar-refractivity contribution in [3.63, 3.8) is 0 Å². The Morgan fingerprint density at radius 2 is 2.25 bits per heavy atom. The lowest BCUT2D eigenvalue weighted by Gasteiger charge is -2.11. The molecule has 0 aromatic heterocycles. The van der Waals surface area contributed by atoms with Gasteiger partial charge < -0.3 is 20.3 Å². The van der Waals surface area contributed by atoms with Gasteiger partial charge in [0.05, 0.1) is 12.3 Å². The Labute approximate surface area is 93.0 Å². The van der Waals surface area contributed by atoms with E-state index in [9.17, 15) is 4.79 Å². The molecule has 0 aliphatic carbocycles. The Hall–Kier alpha value is -1.95. The van der Waals surface area contributed by atoms with Crippen LogP contribution in [0.2, 0.25) is 0 Å². The van der Waals surface area contributed by atoms with Crippen LogP contribution in [-0.2, 0) is 4.74 Å². The van der Waals surface area contributed by atoms with Crippen LogP contribution < -0.4 is 15.8 Å². The molecule has 0 fully saturated rings. The maximum absolute atomic E-state index is 10.5. The second kappa shape index (κ2) is 5.82. The summed E-state index contributed by atoms with van der Waals surface area (Å²) in [5.74, 6) is 0.425. The van der Waals surface area contributed by atoms with E-state index in [1.54, 1.807) is 19.2 Å². The van der Waals surface area contributed by atoms with Gasteiger partial charge in [-0.3, -0.25) is 5.32 Å². The van der Waals surface area contributed by atoms with E-state index in [2.05, 4.69) is 5.32 Å². The van der Waals surface area contributed by atoms with E-state index in [1.807, 2.05) is 0 Å². The molecule has 6 nitrogen and oxygen atoms in total. The summed E-state index contributed by atoms with van der Waals surface area (Å²) in [5, 5.41) is 10.8. The highest BCUT2D eigenvalue weighted by molar-refractivity contribution is 5.86. The molecule has 6 heteroatoms. The van der Waals surface area contributed by atoms with Gasteiger partial charge in [0, 0.05) is 12.8 Å². The highest BCUT2D eigenvalue weighted by Crippen LogP contribution is 2.26. The number of nitrogens with one attached hydrogen (secondary N) is 1. The molecule has 4 N–H and O–H groups in total. The number of anilines is 2. The van der Waals surface area contributed by atoms with Crippen molar-refractivity contribution in [1.29, 1.82) is 0 Å². The van der Waals surface area contributed by atoms with Crippen LogP contribution in [0.4, 0.5) is 16.2 Å². The van der Waals surface area contributed by atoms with Gasteiger partial charge in [0.1, 0.15) is 12.4 Å². The molecule has 0 aliphatic heterocycles. The van der Waals surface area contributed by atoms with E-state index in [-0.39, 0.29) is 0 Å². The van der Waals surface area contributed by atoms with Crippen molar-refractivity contribution < 1.29 is 19.4 Å². The topological polar surface area (TPSA) is 93.8 Å². The summed E-state index contributed by atoms with van der Waals surface area (Å²) in [5.41, 5.74) is 6.33. The fourth-order valence-corrected chi connectivity index (χ4v) is 1.12. The standard InChI is InChI=1S/C10H14N2O4/c1-15-4-5-16-9-3-2-7(11)6-8(9)12-10(13)14/h2-3,6,12H,4-5,11H2,1H3,(H,13,14). The minimum absolute atomic E-state index is 0.323. The highest BCUT2D eigenvalue weighted by atomic mass is 16.5. The molecule has 0 spiro atoms. The number of amides is 1. The summed E-state index contributed by atoms with van der Waals surface area (Å²) in [6.45, 7) is 0.769. The molecule has 1 amide bonds. The second-order valence-electron chi connectivity index (χ2n) is 3.03. The normalized spacial score (nSPS) is 9.81. The van der Waals surface area contributed by atoms with Gasteiger partial charge in [0.15, 0.2) is 0 Å². The van der Waals surface area contributed by atoms with Crippen LogP contribution in [0.3, 0.4) is 0 Å². The molecular formula is C10H14N2O4. The van der Waals surface area contributed by atoms with Crippen LogP contribution in [0.1, 0.15) is 0 Å². The Morgan fingerprint density at radius 3 is 2.88 bits per heavy atom. The lowest BCUT2D eigenvalue weighted by Crippen LogP contribution is -2.11. The quantitative estimate of drug-likeness (QED) is 0.521. The molecule has 0 saturated heterocycles. The van der Waals surface area contributed by atoms with E-state index < -0.39 is 6.09 Å². The molecule has 0 bridgehead atoms. The largest absolute Gasteiger partial charge is 0.489 e. The fraction of sp³-hybridized carbons (Fsp3) is 0.300. The second-order valence-corrected chi connectivity index (χ2v) is 3.03. The Bertz CT molecular complexity index is 368. The minimum Gasteiger partial charge on any atom is -0.489 e. The van der Waals surface area contributed by atoms with Gasteiger partial charge in [-0.2, -0.15) is 0 Å². The number of methoxy groups -OCH3 is 1. The van der Waals surface area contributed by atoms with Gasteiger partial charge >= 0.3 is 6.09 Å². The molecule has 1 aromatic carbocycles. The van der Waals surface area contributed by atoms with E-state index in [0.717, 1.165) is 0 Å². The molecule has 0 heterocycles. The van der Waals surface area contributed by atoms with Gasteiger partial charge in [-0.05, 0) is 18.2 Å². The summed E-state index contributed by atoms with van der Waals surface area (Å²) < 4.78 is 10.1. The maximum Gasteiger partial charge on any atom is 0.409 e. The van der Waals surface area contributed by atoms with Crippen LogP contribution >= 0.6 is 0 Å². The monoisotopic (exact) mass is 226 g/mol. The number of hydrogen-bond acceptors (Lipinski definition) is 4. The van der Waals surface area contributed by atoms with Crippen molar-refractivity contribution in [3.05, 3.63) is 18.2 Å². The Kier molecular flexibility index (Phi) is 4.41. The first-order valence-electron chi connectivity index (χ1n) is 4.64. The summed E-state index contributed by atoms with van der Waals surface area (Å²) in [7, 11) is 1.56. The Morgan fingerprint density at radius 1 is 1.50 bits per heavy atom. The van der Waals surface area contributed by atoms with Crippen molar-refractivity contribution >= 4 is 17.5 Å². The molecule has 0 radical (unpaired) electrons. The van der Waals surface area contributed by atoms with E-state index in [0.29, 0.717) is 30.3 Å². The average Bonchev–Trinajstić information content (AvgIpc) is 2.20. The number of carboxylic acid groups (broad SMARTS) is 1. The molecule has 1 aromatic rings. The summed E-state index contributed by atoms with van der Waals surface area (Å²) in [4.78, 5) is 10.5. The molecule has 0 atom stereocenters. The Balaban J connectivity index is 2.76. The molecular weight excluding hydrogens is 212 g/mol. The van der Waals surface area contributed by atoms with Gasteiger partial charge in [0.2, 0.25) is 0 Å². The number of hydrogen-bond donors (Lipinski definition) is 3. The van der Waals surface area contributed by atoms with Crippen LogP contribution in [0, 0.1) is 0 Å². The van der Waals surface area contributed by atoms with E-state index in [4.69, 9.17) is 20.3 Å². The van der Waals surface area contributed by atoms with Gasteiger partial charge in [-0.1, -0.05) is 0 Å². The lowest BCUT2D eigenvalue weighted by atomic mass is 10.2. The molecule has 0 unspecified atom stereocenters. The number of rotatable bonds is 5. The van der Waals surface area contributed by atoms with Gasteiger partial charge in [-0.15, -0.1) is 0 Å². The minimum atomic E-state index is -1.16. The van der Waals surface area contributed by atoms with Crippen molar-refractivity contribution in [2.45, 2.75) is 0 Å². The first-order valence-corrected chi connectivity index (χ1v) is 4.64. The van der Waals surface area contributed by atoms with Crippen LogP contribution in [-0.4, -0.2) is 31.5 Å². The molecule has 88 valence electrons. The highest BCUT2D eigenvalue weighted by Gasteiger charge is 2.07. The van der Waals surface area contributed by atoms with Crippen molar-refractivity contribution in [3.8, 4) is 5.75 Å². The zero-order chi connectivity index (χ0) is 12.0. The van der Waals surface area contributed by atoms with Gasteiger partial charge in [0.25, 0.3) is 0 Å². The third-order valence-electron chi connectivity index (χ3n) is 1.79. The molecule has 0 aliphatic rings. The van der Waals surface area contributed by atoms with Crippen molar-refractivity contribution in [1.82, 2.24) is 0 Å². The molecule has 1 rings (SSSR count). The van der Waals surface area contributed by atoms with Gasteiger partial charge in [-0.25, -0.2) is 4.79 Å². The first-order chi connectivity index (χ1) is 7.63. The zero-order valence-corrected chi connectivity index (χ0v) is 8.90. The number of carbonyl (C=O) groups is 1. The van der Waals surface area contributed by atoms with E-state index in [1.165, 1.54) is 6.07 Å². The average molecular weight is 226 g/mol.